The van der Waals surface area contributed by atoms with Gasteiger partial charge in [0.2, 0.25) is 0 Å². The van der Waals surface area contributed by atoms with Crippen LogP contribution in [0, 0.1) is 11.3 Å². The number of aromatic nitrogens is 1. The largest absolute Gasteiger partial charge is 0.325 e. The van der Waals surface area contributed by atoms with Crippen LogP contribution in [0.25, 0.3) is 0 Å². The highest BCUT2D eigenvalue weighted by molar-refractivity contribution is 5.84. The van der Waals surface area contributed by atoms with E-state index in [-0.39, 0.29) is 0 Å². The summed E-state index contributed by atoms with van der Waals surface area (Å²) in [5.74, 6) is 0.582. The van der Waals surface area contributed by atoms with Crippen molar-refractivity contribution in [1.29, 1.82) is 5.26 Å². The molecule has 0 amide bonds. The van der Waals surface area contributed by atoms with Crippen molar-refractivity contribution < 1.29 is 4.79 Å². The van der Waals surface area contributed by atoms with Crippen molar-refractivity contribution in [1.82, 2.24) is 4.98 Å². The first-order valence-corrected chi connectivity index (χ1v) is 5.96. The minimum Gasteiger partial charge on any atom is -0.325 e. The van der Waals surface area contributed by atoms with E-state index in [2.05, 4.69) is 11.1 Å². The number of nitriles is 1. The first-order chi connectivity index (χ1) is 9.36. The Hall–Kier alpha value is -2.67. The predicted octanol–water partition coefficient (Wildman–Crippen LogP) is 2.95. The molecule has 4 heteroatoms. The van der Waals surface area contributed by atoms with Gasteiger partial charge in [-0.1, -0.05) is 18.2 Å². The fraction of sp³-hybridized carbons (Fsp3) is 0.133. The molecule has 0 bridgehead atoms. The topological polar surface area (TPSA) is 57.0 Å². The van der Waals surface area contributed by atoms with Crippen molar-refractivity contribution >= 4 is 17.8 Å². The maximum absolute atomic E-state index is 11.1. The molecule has 2 aromatic rings. The van der Waals surface area contributed by atoms with Crippen LogP contribution in [0.4, 0.5) is 11.5 Å². The third-order valence-electron chi connectivity index (χ3n) is 2.71. The monoisotopic (exact) mass is 251 g/mol. The molecule has 1 aromatic carbocycles. The Labute approximate surface area is 111 Å². The number of carbonyl (C=O) groups excluding carboxylic acids is 1. The molecule has 4 nitrogen and oxygen atoms in total. The van der Waals surface area contributed by atoms with Crippen molar-refractivity contribution in [2.75, 3.05) is 11.4 Å². The van der Waals surface area contributed by atoms with Crippen LogP contribution in [-0.2, 0) is 0 Å². The van der Waals surface area contributed by atoms with Crippen LogP contribution >= 0.6 is 0 Å². The van der Waals surface area contributed by atoms with Crippen molar-refractivity contribution in [3.63, 3.8) is 0 Å². The van der Waals surface area contributed by atoms with Gasteiger partial charge in [-0.3, -0.25) is 4.79 Å². The fourth-order valence-electron chi connectivity index (χ4n) is 1.85. The van der Waals surface area contributed by atoms with Gasteiger partial charge < -0.3 is 4.90 Å². The molecule has 94 valence electrons. The van der Waals surface area contributed by atoms with E-state index in [1.165, 1.54) is 0 Å². The van der Waals surface area contributed by atoms with E-state index < -0.39 is 0 Å². The Balaban J connectivity index is 2.43. The van der Waals surface area contributed by atoms with Crippen LogP contribution in [0.5, 0.6) is 0 Å². The molecule has 0 spiro atoms. The second-order valence-electron chi connectivity index (χ2n) is 3.93. The Kier molecular flexibility index (Phi) is 4.25. The lowest BCUT2D eigenvalue weighted by Crippen LogP contribution is -2.20. The van der Waals surface area contributed by atoms with E-state index in [1.54, 1.807) is 18.3 Å². The van der Waals surface area contributed by atoms with Crippen molar-refractivity contribution in [3.8, 4) is 6.07 Å². The van der Waals surface area contributed by atoms with Gasteiger partial charge in [0, 0.05) is 18.4 Å². The number of aldehydes is 1. The zero-order chi connectivity index (χ0) is 13.5. The number of benzene rings is 1. The maximum Gasteiger partial charge on any atom is 0.153 e. The zero-order valence-electron chi connectivity index (χ0n) is 10.4. The quantitative estimate of drug-likeness (QED) is 0.766. The molecule has 0 aliphatic carbocycles. The average molecular weight is 251 g/mol. The summed E-state index contributed by atoms with van der Waals surface area (Å²) >= 11 is 0. The van der Waals surface area contributed by atoms with Gasteiger partial charge in [-0.25, -0.2) is 4.98 Å². The molecule has 0 aliphatic heterocycles. The van der Waals surface area contributed by atoms with Crippen LogP contribution < -0.4 is 4.90 Å². The molecule has 0 fully saturated rings. The van der Waals surface area contributed by atoms with Gasteiger partial charge in [-0.05, 0) is 24.3 Å². The molecular formula is C15H13N3O. The van der Waals surface area contributed by atoms with E-state index in [4.69, 9.17) is 5.26 Å². The number of hydrogen-bond acceptors (Lipinski definition) is 4. The summed E-state index contributed by atoms with van der Waals surface area (Å²) in [6.45, 7) is 0.498. The highest BCUT2D eigenvalue weighted by Gasteiger charge is 2.13. The van der Waals surface area contributed by atoms with Crippen LogP contribution in [0.1, 0.15) is 16.8 Å². The SMILES string of the molecule is N#CCCN(c1ccccc1)c1ncccc1C=O. The molecule has 0 saturated heterocycles. The van der Waals surface area contributed by atoms with Gasteiger partial charge in [-0.15, -0.1) is 0 Å². The van der Waals surface area contributed by atoms with E-state index in [0.717, 1.165) is 12.0 Å². The van der Waals surface area contributed by atoms with Crippen molar-refractivity contribution in [2.45, 2.75) is 6.42 Å². The molecule has 1 aromatic heterocycles. The molecular weight excluding hydrogens is 238 g/mol. The summed E-state index contributed by atoms with van der Waals surface area (Å²) in [4.78, 5) is 17.3. The standard InChI is InChI=1S/C15H13N3O/c16-9-5-11-18(14-7-2-1-3-8-14)15-13(12-19)6-4-10-17-15/h1-4,6-8,10,12H,5,11H2. The Morgan fingerprint density at radius 3 is 2.68 bits per heavy atom. The Morgan fingerprint density at radius 1 is 1.21 bits per heavy atom. The van der Waals surface area contributed by atoms with E-state index in [0.29, 0.717) is 24.3 Å². The summed E-state index contributed by atoms with van der Waals surface area (Å²) in [7, 11) is 0. The smallest absolute Gasteiger partial charge is 0.153 e. The summed E-state index contributed by atoms with van der Waals surface area (Å²) in [5, 5.41) is 8.77. The van der Waals surface area contributed by atoms with Crippen LogP contribution in [0.15, 0.2) is 48.7 Å². The first-order valence-electron chi connectivity index (χ1n) is 5.96. The number of hydrogen-bond donors (Lipinski definition) is 0. The summed E-state index contributed by atoms with van der Waals surface area (Å²) in [6.07, 6.45) is 2.79. The van der Waals surface area contributed by atoms with E-state index >= 15 is 0 Å². The van der Waals surface area contributed by atoms with Gasteiger partial charge >= 0.3 is 0 Å². The van der Waals surface area contributed by atoms with Crippen molar-refractivity contribution in [3.05, 3.63) is 54.2 Å². The number of pyridine rings is 1. The highest BCUT2D eigenvalue weighted by atomic mass is 16.1. The Bertz CT molecular complexity index is 590. The normalized spacial score (nSPS) is 9.63. The lowest BCUT2D eigenvalue weighted by atomic mass is 10.2. The molecule has 0 atom stereocenters. The average Bonchev–Trinajstić information content (AvgIpc) is 2.49. The number of nitrogens with zero attached hydrogens (tertiary/aromatic N) is 3. The summed E-state index contributed by atoms with van der Waals surface area (Å²) in [5.41, 5.74) is 1.43. The number of carbonyl (C=O) groups is 1. The number of rotatable bonds is 5. The molecule has 0 saturated carbocycles. The lowest BCUT2D eigenvalue weighted by molar-refractivity contribution is 0.112. The van der Waals surface area contributed by atoms with Crippen molar-refractivity contribution in [2.24, 2.45) is 0 Å². The lowest BCUT2D eigenvalue weighted by Gasteiger charge is -2.23. The summed E-state index contributed by atoms with van der Waals surface area (Å²) < 4.78 is 0. The van der Waals surface area contributed by atoms with Crippen LogP contribution in [0.3, 0.4) is 0 Å². The van der Waals surface area contributed by atoms with Gasteiger partial charge in [0.15, 0.2) is 6.29 Å². The number of anilines is 2. The van der Waals surface area contributed by atoms with E-state index in [9.17, 15) is 4.79 Å². The molecule has 0 N–H and O–H groups in total. The van der Waals surface area contributed by atoms with Gasteiger partial charge in [0.05, 0.1) is 18.1 Å². The fourth-order valence-corrected chi connectivity index (χ4v) is 1.85. The van der Waals surface area contributed by atoms with Crippen LogP contribution in [0.2, 0.25) is 0 Å². The van der Waals surface area contributed by atoms with Gasteiger partial charge in [0.1, 0.15) is 5.82 Å². The molecule has 1 heterocycles. The van der Waals surface area contributed by atoms with Crippen LogP contribution in [-0.4, -0.2) is 17.8 Å². The van der Waals surface area contributed by atoms with E-state index in [1.807, 2.05) is 35.2 Å². The van der Waals surface area contributed by atoms with Gasteiger partial charge in [0.25, 0.3) is 0 Å². The molecule has 0 aliphatic rings. The number of para-hydroxylation sites is 1. The molecule has 2 rings (SSSR count). The summed E-state index contributed by atoms with van der Waals surface area (Å²) in [6, 6.07) is 15.2. The Morgan fingerprint density at radius 2 is 2.00 bits per heavy atom. The minimum atomic E-state index is 0.365. The third-order valence-corrected chi connectivity index (χ3v) is 2.71. The maximum atomic E-state index is 11.1. The molecule has 19 heavy (non-hydrogen) atoms. The minimum absolute atomic E-state index is 0.365. The second kappa shape index (κ2) is 6.31. The molecule has 0 radical (unpaired) electrons. The molecule has 0 unspecified atom stereocenters. The predicted molar refractivity (Wildman–Crippen MR) is 73.3 cm³/mol. The third kappa shape index (κ3) is 2.96. The zero-order valence-corrected chi connectivity index (χ0v) is 10.4. The second-order valence-corrected chi connectivity index (χ2v) is 3.93. The highest BCUT2D eigenvalue weighted by Crippen LogP contribution is 2.25. The first kappa shape index (κ1) is 12.8. The van der Waals surface area contributed by atoms with Gasteiger partial charge in [-0.2, -0.15) is 5.26 Å².